The van der Waals surface area contributed by atoms with Gasteiger partial charge in [-0.2, -0.15) is 5.26 Å². The Labute approximate surface area is 107 Å². The first-order valence-electron chi connectivity index (χ1n) is 5.89. The van der Waals surface area contributed by atoms with Crippen molar-refractivity contribution in [1.29, 1.82) is 5.26 Å². The first-order valence-corrected chi connectivity index (χ1v) is 5.89. The van der Waals surface area contributed by atoms with E-state index in [2.05, 4.69) is 36.3 Å². The summed E-state index contributed by atoms with van der Waals surface area (Å²) in [5.41, 5.74) is 3.88. The minimum Gasteiger partial charge on any atom is -0.377 e. The van der Waals surface area contributed by atoms with E-state index in [1.165, 1.54) is 11.1 Å². The second-order valence-electron chi connectivity index (χ2n) is 4.27. The van der Waals surface area contributed by atoms with E-state index in [1.54, 1.807) is 12.3 Å². The van der Waals surface area contributed by atoms with Gasteiger partial charge in [0.1, 0.15) is 11.8 Å². The van der Waals surface area contributed by atoms with Crippen molar-refractivity contribution in [3.8, 4) is 6.07 Å². The zero-order chi connectivity index (χ0) is 13.0. The molecule has 3 nitrogen and oxygen atoms in total. The molecule has 18 heavy (non-hydrogen) atoms. The molecule has 1 aromatic carbocycles. The minimum atomic E-state index is 0.209. The van der Waals surface area contributed by atoms with E-state index in [0.717, 1.165) is 5.69 Å². The average Bonchev–Trinajstić information content (AvgIpc) is 2.40. The van der Waals surface area contributed by atoms with E-state index >= 15 is 0 Å². The molecule has 2 aromatic rings. The molecular formula is C15H15N3. The highest BCUT2D eigenvalue weighted by Crippen LogP contribution is 2.21. The van der Waals surface area contributed by atoms with Crippen molar-refractivity contribution in [2.24, 2.45) is 0 Å². The summed E-state index contributed by atoms with van der Waals surface area (Å²) in [5.74, 6) is 0. The predicted octanol–water partition coefficient (Wildman–Crippen LogP) is 3.43. The normalized spacial score (nSPS) is 11.6. The van der Waals surface area contributed by atoms with Gasteiger partial charge in [-0.25, -0.2) is 4.98 Å². The summed E-state index contributed by atoms with van der Waals surface area (Å²) >= 11 is 0. The number of pyridine rings is 1. The van der Waals surface area contributed by atoms with Gasteiger partial charge in [-0.1, -0.05) is 24.3 Å². The quantitative estimate of drug-likeness (QED) is 0.889. The van der Waals surface area contributed by atoms with Crippen LogP contribution in [-0.2, 0) is 0 Å². The SMILES string of the molecule is Cc1ccccc1C(C)Nc1ccc(C#N)nc1. The van der Waals surface area contributed by atoms with Gasteiger partial charge in [-0.05, 0) is 37.1 Å². The molecule has 1 heterocycles. The Kier molecular flexibility index (Phi) is 3.59. The fourth-order valence-electron chi connectivity index (χ4n) is 1.95. The smallest absolute Gasteiger partial charge is 0.140 e. The molecule has 0 aliphatic carbocycles. The molecule has 90 valence electrons. The number of hydrogen-bond donors (Lipinski definition) is 1. The van der Waals surface area contributed by atoms with Crippen LogP contribution < -0.4 is 5.32 Å². The van der Waals surface area contributed by atoms with Crippen molar-refractivity contribution in [2.75, 3.05) is 5.32 Å². The van der Waals surface area contributed by atoms with Gasteiger partial charge in [-0.3, -0.25) is 0 Å². The van der Waals surface area contributed by atoms with E-state index in [-0.39, 0.29) is 6.04 Å². The Morgan fingerprint density at radius 1 is 1.22 bits per heavy atom. The van der Waals surface area contributed by atoms with Crippen LogP contribution in [0, 0.1) is 18.3 Å². The second-order valence-corrected chi connectivity index (χ2v) is 4.27. The minimum absolute atomic E-state index is 0.209. The van der Waals surface area contributed by atoms with Crippen LogP contribution in [0.25, 0.3) is 0 Å². The van der Waals surface area contributed by atoms with E-state index < -0.39 is 0 Å². The fourth-order valence-corrected chi connectivity index (χ4v) is 1.95. The number of nitrogens with one attached hydrogen (secondary N) is 1. The van der Waals surface area contributed by atoms with Crippen molar-refractivity contribution in [2.45, 2.75) is 19.9 Å². The molecule has 0 aliphatic rings. The van der Waals surface area contributed by atoms with Crippen molar-refractivity contribution < 1.29 is 0 Å². The number of aryl methyl sites for hydroxylation is 1. The van der Waals surface area contributed by atoms with Gasteiger partial charge in [-0.15, -0.1) is 0 Å². The molecule has 0 aliphatic heterocycles. The van der Waals surface area contributed by atoms with Crippen LogP contribution in [0.15, 0.2) is 42.6 Å². The van der Waals surface area contributed by atoms with E-state index in [0.29, 0.717) is 5.69 Å². The first-order chi connectivity index (χ1) is 8.70. The van der Waals surface area contributed by atoms with Crippen LogP contribution >= 0.6 is 0 Å². The van der Waals surface area contributed by atoms with Crippen LogP contribution in [-0.4, -0.2) is 4.98 Å². The standard InChI is InChI=1S/C15H15N3/c1-11-5-3-4-6-15(11)12(2)18-14-8-7-13(9-16)17-10-14/h3-8,10,12,18H,1-2H3. The summed E-state index contributed by atoms with van der Waals surface area (Å²) in [6.45, 7) is 4.21. The zero-order valence-corrected chi connectivity index (χ0v) is 10.5. The fraction of sp³-hybridized carbons (Fsp3) is 0.200. The third kappa shape index (κ3) is 2.67. The first kappa shape index (κ1) is 12.1. The third-order valence-corrected chi connectivity index (χ3v) is 2.92. The monoisotopic (exact) mass is 237 g/mol. The summed E-state index contributed by atoms with van der Waals surface area (Å²) in [6.07, 6.45) is 1.69. The number of nitrogens with zero attached hydrogens (tertiary/aromatic N) is 2. The molecule has 0 spiro atoms. The largest absolute Gasteiger partial charge is 0.377 e. The highest BCUT2D eigenvalue weighted by molar-refractivity contribution is 5.45. The topological polar surface area (TPSA) is 48.7 Å². The Morgan fingerprint density at radius 3 is 2.61 bits per heavy atom. The Balaban J connectivity index is 2.14. The molecule has 0 saturated carbocycles. The van der Waals surface area contributed by atoms with Crippen LogP contribution in [0.3, 0.4) is 0 Å². The zero-order valence-electron chi connectivity index (χ0n) is 10.5. The van der Waals surface area contributed by atoms with E-state index in [9.17, 15) is 0 Å². The molecule has 1 N–H and O–H groups in total. The molecule has 0 amide bonds. The number of benzene rings is 1. The van der Waals surface area contributed by atoms with Gasteiger partial charge in [0.15, 0.2) is 0 Å². The molecule has 0 bridgehead atoms. The lowest BCUT2D eigenvalue weighted by molar-refractivity contribution is 0.872. The van der Waals surface area contributed by atoms with Gasteiger partial charge in [0.2, 0.25) is 0 Å². The third-order valence-electron chi connectivity index (χ3n) is 2.92. The summed E-state index contributed by atoms with van der Waals surface area (Å²) < 4.78 is 0. The maximum absolute atomic E-state index is 8.69. The van der Waals surface area contributed by atoms with Crippen LogP contribution in [0.4, 0.5) is 5.69 Å². The highest BCUT2D eigenvalue weighted by atomic mass is 14.9. The molecule has 1 unspecified atom stereocenters. The summed E-state index contributed by atoms with van der Waals surface area (Å²) in [5, 5.41) is 12.1. The highest BCUT2D eigenvalue weighted by Gasteiger charge is 2.07. The lowest BCUT2D eigenvalue weighted by Crippen LogP contribution is -2.08. The molecule has 3 heteroatoms. The second kappa shape index (κ2) is 5.33. The van der Waals surface area contributed by atoms with Crippen molar-refractivity contribution >= 4 is 5.69 Å². The molecule has 1 aromatic heterocycles. The summed E-state index contributed by atoms with van der Waals surface area (Å²) in [6, 6.07) is 14.1. The number of rotatable bonds is 3. The van der Waals surface area contributed by atoms with Crippen LogP contribution in [0.5, 0.6) is 0 Å². The Morgan fingerprint density at radius 2 is 2.00 bits per heavy atom. The van der Waals surface area contributed by atoms with Crippen LogP contribution in [0.2, 0.25) is 0 Å². The number of aromatic nitrogens is 1. The molecule has 0 saturated heterocycles. The molecule has 0 radical (unpaired) electrons. The Bertz CT molecular complexity index is 567. The van der Waals surface area contributed by atoms with E-state index in [4.69, 9.17) is 5.26 Å². The van der Waals surface area contributed by atoms with Gasteiger partial charge >= 0.3 is 0 Å². The number of hydrogen-bond acceptors (Lipinski definition) is 3. The maximum Gasteiger partial charge on any atom is 0.140 e. The number of nitriles is 1. The predicted molar refractivity (Wildman–Crippen MR) is 72.2 cm³/mol. The molecule has 0 fully saturated rings. The van der Waals surface area contributed by atoms with Crippen molar-refractivity contribution in [3.05, 3.63) is 59.4 Å². The van der Waals surface area contributed by atoms with Gasteiger partial charge in [0.05, 0.1) is 11.9 Å². The lowest BCUT2D eigenvalue weighted by Gasteiger charge is -2.17. The summed E-state index contributed by atoms with van der Waals surface area (Å²) in [4.78, 5) is 4.04. The van der Waals surface area contributed by atoms with Crippen LogP contribution in [0.1, 0.15) is 29.8 Å². The maximum atomic E-state index is 8.69. The van der Waals surface area contributed by atoms with Gasteiger partial charge < -0.3 is 5.32 Å². The molecular weight excluding hydrogens is 222 g/mol. The van der Waals surface area contributed by atoms with E-state index in [1.807, 2.05) is 24.3 Å². The average molecular weight is 237 g/mol. The van der Waals surface area contributed by atoms with Crippen molar-refractivity contribution in [3.63, 3.8) is 0 Å². The lowest BCUT2D eigenvalue weighted by atomic mass is 10.0. The van der Waals surface area contributed by atoms with Crippen molar-refractivity contribution in [1.82, 2.24) is 4.98 Å². The molecule has 2 rings (SSSR count). The van der Waals surface area contributed by atoms with Gasteiger partial charge in [0.25, 0.3) is 0 Å². The van der Waals surface area contributed by atoms with Gasteiger partial charge in [0, 0.05) is 6.04 Å². The Hall–Kier alpha value is -2.34. The number of anilines is 1. The molecule has 1 atom stereocenters. The summed E-state index contributed by atoms with van der Waals surface area (Å²) in [7, 11) is 0.